The minimum absolute atomic E-state index is 0.0173. The van der Waals surface area contributed by atoms with Crippen LogP contribution in [0.15, 0.2) is 58.5 Å². The van der Waals surface area contributed by atoms with Gasteiger partial charge in [0.25, 0.3) is 10.0 Å². The number of esters is 2. The van der Waals surface area contributed by atoms with Gasteiger partial charge < -0.3 is 14.6 Å². The Morgan fingerprint density at radius 3 is 2.19 bits per heavy atom. The first-order chi connectivity index (χ1) is 17.4. The van der Waals surface area contributed by atoms with E-state index in [1.165, 1.54) is 19.1 Å². The van der Waals surface area contributed by atoms with E-state index in [0.29, 0.717) is 10.6 Å². The molecule has 2 aromatic rings. The van der Waals surface area contributed by atoms with Crippen molar-refractivity contribution < 1.29 is 32.6 Å². The van der Waals surface area contributed by atoms with Gasteiger partial charge in [-0.3, -0.25) is 9.59 Å². The van der Waals surface area contributed by atoms with E-state index >= 15 is 0 Å². The van der Waals surface area contributed by atoms with Crippen molar-refractivity contribution in [1.29, 1.82) is 0 Å². The molecule has 0 aromatic heterocycles. The highest BCUT2D eigenvalue weighted by Crippen LogP contribution is 2.47. The highest BCUT2D eigenvalue weighted by molar-refractivity contribution is 7.89. The van der Waals surface area contributed by atoms with Gasteiger partial charge in [0, 0.05) is 17.4 Å². The Balaban J connectivity index is 2.15. The fraction of sp³-hybridized carbons (Fsp3) is 0.423. The van der Waals surface area contributed by atoms with Crippen molar-refractivity contribution in [2.75, 3.05) is 13.2 Å². The number of hydrogen-bond acceptors (Lipinski definition) is 8. The molecule has 0 saturated heterocycles. The SMILES string of the molecule is CCOC(=O)[C@@H]1/C(=N\NS(=O)(=O)c2ccc(C)cc2)C[C@](C)(O)[C@@H](C(=O)OCC)[C@H]1c1ccc(Cl)cc1. The van der Waals surface area contributed by atoms with Gasteiger partial charge >= 0.3 is 11.9 Å². The second-order valence-corrected chi connectivity index (χ2v) is 11.2. The fourth-order valence-corrected chi connectivity index (χ4v) is 5.55. The molecule has 0 bridgehead atoms. The monoisotopic (exact) mass is 550 g/mol. The third-order valence-corrected chi connectivity index (χ3v) is 7.74. The molecule has 11 heteroatoms. The molecule has 1 fully saturated rings. The maximum atomic E-state index is 13.3. The number of hydrazone groups is 1. The molecule has 2 aromatic carbocycles. The van der Waals surface area contributed by atoms with Gasteiger partial charge in [0.1, 0.15) is 5.92 Å². The summed E-state index contributed by atoms with van der Waals surface area (Å²) in [5, 5.41) is 16.0. The molecule has 9 nitrogen and oxygen atoms in total. The van der Waals surface area contributed by atoms with Crippen LogP contribution in [0.4, 0.5) is 0 Å². The van der Waals surface area contributed by atoms with Crippen LogP contribution in [-0.4, -0.2) is 50.0 Å². The molecule has 3 rings (SSSR count). The lowest BCUT2D eigenvalue weighted by atomic mass is 9.61. The molecule has 0 radical (unpaired) electrons. The first-order valence-electron chi connectivity index (χ1n) is 11.9. The van der Waals surface area contributed by atoms with Crippen LogP contribution in [-0.2, 0) is 29.1 Å². The van der Waals surface area contributed by atoms with Crippen LogP contribution in [0.1, 0.15) is 44.2 Å². The Hall–Kier alpha value is -2.95. The Morgan fingerprint density at radius 1 is 1.05 bits per heavy atom. The number of benzene rings is 2. The Kier molecular flexibility index (Phi) is 8.99. The van der Waals surface area contributed by atoms with Gasteiger partial charge in [0.2, 0.25) is 0 Å². The van der Waals surface area contributed by atoms with Crippen molar-refractivity contribution in [2.24, 2.45) is 16.9 Å². The minimum Gasteiger partial charge on any atom is -0.466 e. The van der Waals surface area contributed by atoms with Crippen LogP contribution < -0.4 is 4.83 Å². The van der Waals surface area contributed by atoms with E-state index in [1.54, 1.807) is 50.2 Å². The van der Waals surface area contributed by atoms with Crippen molar-refractivity contribution in [1.82, 2.24) is 4.83 Å². The normalized spacial score (nSPS) is 24.9. The van der Waals surface area contributed by atoms with Crippen molar-refractivity contribution in [3.05, 3.63) is 64.7 Å². The van der Waals surface area contributed by atoms with Crippen molar-refractivity contribution in [3.63, 3.8) is 0 Å². The van der Waals surface area contributed by atoms with E-state index in [1.807, 2.05) is 6.92 Å². The van der Waals surface area contributed by atoms with Crippen LogP contribution in [0, 0.1) is 18.8 Å². The van der Waals surface area contributed by atoms with Gasteiger partial charge in [-0.05, 0) is 57.5 Å². The van der Waals surface area contributed by atoms with Gasteiger partial charge in [-0.15, -0.1) is 0 Å². The number of rotatable bonds is 8. The molecule has 0 spiro atoms. The Labute approximate surface area is 221 Å². The molecule has 2 N–H and O–H groups in total. The third-order valence-electron chi connectivity index (χ3n) is 6.26. The molecule has 0 unspecified atom stereocenters. The average molecular weight is 551 g/mol. The molecule has 0 aliphatic heterocycles. The highest BCUT2D eigenvalue weighted by atomic mass is 35.5. The third kappa shape index (κ3) is 6.49. The molecular formula is C26H31ClN2O7S. The van der Waals surface area contributed by atoms with Gasteiger partial charge in [0.15, 0.2) is 0 Å². The Morgan fingerprint density at radius 2 is 1.62 bits per heavy atom. The second kappa shape index (κ2) is 11.6. The summed E-state index contributed by atoms with van der Waals surface area (Å²) in [5.41, 5.74) is -0.311. The van der Waals surface area contributed by atoms with E-state index in [9.17, 15) is 23.1 Å². The van der Waals surface area contributed by atoms with E-state index in [4.69, 9.17) is 21.1 Å². The summed E-state index contributed by atoms with van der Waals surface area (Å²) in [6.07, 6.45) is -0.277. The number of hydrogen-bond donors (Lipinski definition) is 2. The van der Waals surface area contributed by atoms with Crippen LogP contribution in [0.25, 0.3) is 0 Å². The molecule has 0 amide bonds. The number of aryl methyl sites for hydroxylation is 1. The summed E-state index contributed by atoms with van der Waals surface area (Å²) in [7, 11) is -4.08. The first kappa shape index (κ1) is 28.6. The lowest BCUT2D eigenvalue weighted by molar-refractivity contribution is -0.163. The number of nitrogens with zero attached hydrogens (tertiary/aromatic N) is 1. The maximum Gasteiger partial charge on any atom is 0.315 e. The second-order valence-electron chi connectivity index (χ2n) is 9.08. The molecule has 1 aliphatic rings. The van der Waals surface area contributed by atoms with E-state index in [2.05, 4.69) is 9.93 Å². The Bertz CT molecular complexity index is 1260. The topological polar surface area (TPSA) is 131 Å². The van der Waals surface area contributed by atoms with Crippen molar-refractivity contribution >= 4 is 39.3 Å². The van der Waals surface area contributed by atoms with Crippen LogP contribution in [0.3, 0.4) is 0 Å². The van der Waals surface area contributed by atoms with E-state index in [0.717, 1.165) is 5.56 Å². The quantitative estimate of drug-likeness (QED) is 0.379. The van der Waals surface area contributed by atoms with Gasteiger partial charge in [-0.25, -0.2) is 4.83 Å². The fourth-order valence-electron chi connectivity index (χ4n) is 4.59. The summed E-state index contributed by atoms with van der Waals surface area (Å²) >= 11 is 6.07. The van der Waals surface area contributed by atoms with Crippen molar-refractivity contribution in [2.45, 2.75) is 50.5 Å². The zero-order valence-corrected chi connectivity index (χ0v) is 22.7. The molecule has 0 heterocycles. The van der Waals surface area contributed by atoms with Crippen LogP contribution in [0.2, 0.25) is 5.02 Å². The number of aliphatic hydroxyl groups is 1. The van der Waals surface area contributed by atoms with E-state index < -0.39 is 45.3 Å². The smallest absolute Gasteiger partial charge is 0.315 e. The molecule has 1 saturated carbocycles. The summed E-state index contributed by atoms with van der Waals surface area (Å²) in [4.78, 5) is 28.6. The highest BCUT2D eigenvalue weighted by Gasteiger charge is 2.56. The zero-order valence-electron chi connectivity index (χ0n) is 21.1. The van der Waals surface area contributed by atoms with Gasteiger partial charge in [-0.2, -0.15) is 13.5 Å². The van der Waals surface area contributed by atoms with E-state index in [-0.39, 0.29) is 30.2 Å². The summed E-state index contributed by atoms with van der Waals surface area (Å²) < 4.78 is 36.4. The van der Waals surface area contributed by atoms with Gasteiger partial charge in [0.05, 0.1) is 35.3 Å². The lowest BCUT2D eigenvalue weighted by Crippen LogP contribution is -2.55. The van der Waals surface area contributed by atoms with Crippen molar-refractivity contribution in [3.8, 4) is 0 Å². The molecule has 4 atom stereocenters. The predicted octanol–water partition coefficient (Wildman–Crippen LogP) is 3.58. The zero-order chi connectivity index (χ0) is 27.4. The average Bonchev–Trinajstić information content (AvgIpc) is 2.83. The molecule has 37 heavy (non-hydrogen) atoms. The number of halogens is 1. The van der Waals surface area contributed by atoms with Crippen LogP contribution in [0.5, 0.6) is 0 Å². The number of sulfonamides is 1. The number of ether oxygens (including phenoxy) is 2. The summed E-state index contributed by atoms with van der Waals surface area (Å²) in [6.45, 7) is 6.65. The van der Waals surface area contributed by atoms with Gasteiger partial charge in [-0.1, -0.05) is 41.4 Å². The molecular weight excluding hydrogens is 520 g/mol. The van der Waals surface area contributed by atoms with Crippen LogP contribution >= 0.6 is 11.6 Å². The number of nitrogens with one attached hydrogen (secondary N) is 1. The largest absolute Gasteiger partial charge is 0.466 e. The number of carbonyl (C=O) groups excluding carboxylic acids is 2. The lowest BCUT2D eigenvalue weighted by Gasteiger charge is -2.45. The maximum absolute atomic E-state index is 13.3. The standard InChI is InChI=1S/C26H31ClN2O7S/c1-5-35-24(30)22-20(28-29-37(33,34)19-13-7-16(3)8-14-19)15-26(4,32)23(25(31)36-6-2)21(22)17-9-11-18(27)12-10-17/h7-14,21-23,29,32H,5-6,15H2,1-4H3/b28-20-/t21-,22+,23+,26-/m0/s1. The minimum atomic E-state index is -4.08. The summed E-state index contributed by atoms with van der Waals surface area (Å²) in [6, 6.07) is 12.6. The number of carbonyl (C=O) groups is 2. The summed E-state index contributed by atoms with van der Waals surface area (Å²) in [5.74, 6) is -4.73. The first-order valence-corrected chi connectivity index (χ1v) is 13.7. The molecule has 200 valence electrons. The molecule has 1 aliphatic carbocycles. The predicted molar refractivity (Wildman–Crippen MR) is 139 cm³/mol.